The van der Waals surface area contributed by atoms with Crippen LogP contribution in [-0.2, 0) is 0 Å². The van der Waals surface area contributed by atoms with E-state index in [0.29, 0.717) is 0 Å². The molecule has 0 bridgehead atoms. The highest BCUT2D eigenvalue weighted by Crippen LogP contribution is 2.16. The lowest BCUT2D eigenvalue weighted by Crippen LogP contribution is -2.50. The molecule has 3 heteroatoms. The molecule has 3 nitrogen and oxygen atoms in total. The highest BCUT2D eigenvalue weighted by molar-refractivity contribution is 4.84. The Labute approximate surface area is 107 Å². The molecule has 2 aliphatic rings. The van der Waals surface area contributed by atoms with Crippen LogP contribution in [0.2, 0.25) is 0 Å². The fourth-order valence-corrected chi connectivity index (χ4v) is 3.09. The largest absolute Gasteiger partial charge is 0.311 e. The van der Waals surface area contributed by atoms with Crippen LogP contribution in [0, 0.1) is 0 Å². The molecule has 0 aromatic rings. The standard InChI is InChI=1S/C14H29N3/c1-12(2)17-10-6-14(7-11-17)15-13-4-8-16(3)9-5-13/h12-15H,4-11H2,1-3H3. The Hall–Kier alpha value is -0.120. The number of nitrogens with one attached hydrogen (secondary N) is 1. The van der Waals surface area contributed by atoms with Crippen molar-refractivity contribution in [3.05, 3.63) is 0 Å². The lowest BCUT2D eigenvalue weighted by atomic mass is 9.99. The highest BCUT2D eigenvalue weighted by Gasteiger charge is 2.24. The normalized spacial score (nSPS) is 26.8. The van der Waals surface area contributed by atoms with Crippen LogP contribution in [0.1, 0.15) is 39.5 Å². The predicted molar refractivity (Wildman–Crippen MR) is 73.4 cm³/mol. The van der Waals surface area contributed by atoms with Crippen molar-refractivity contribution < 1.29 is 0 Å². The molecule has 2 heterocycles. The summed E-state index contributed by atoms with van der Waals surface area (Å²) in [4.78, 5) is 5.05. The first kappa shape index (κ1) is 13.3. The van der Waals surface area contributed by atoms with Crippen LogP contribution in [0.5, 0.6) is 0 Å². The summed E-state index contributed by atoms with van der Waals surface area (Å²) in [6.45, 7) is 9.71. The average Bonchev–Trinajstić information content (AvgIpc) is 2.33. The van der Waals surface area contributed by atoms with Crippen LogP contribution in [0.25, 0.3) is 0 Å². The lowest BCUT2D eigenvalue weighted by molar-refractivity contribution is 0.145. The van der Waals surface area contributed by atoms with Gasteiger partial charge in [-0.25, -0.2) is 0 Å². The van der Waals surface area contributed by atoms with Crippen molar-refractivity contribution in [2.75, 3.05) is 33.2 Å². The van der Waals surface area contributed by atoms with Crippen molar-refractivity contribution in [2.24, 2.45) is 0 Å². The maximum Gasteiger partial charge on any atom is 0.00940 e. The third-order valence-electron chi connectivity index (χ3n) is 4.45. The first-order valence-electron chi connectivity index (χ1n) is 7.34. The number of likely N-dealkylation sites (tertiary alicyclic amines) is 2. The van der Waals surface area contributed by atoms with Gasteiger partial charge in [-0.3, -0.25) is 0 Å². The molecular formula is C14H29N3. The van der Waals surface area contributed by atoms with E-state index in [1.54, 1.807) is 0 Å². The molecule has 0 atom stereocenters. The van der Waals surface area contributed by atoms with Crippen molar-refractivity contribution in [1.82, 2.24) is 15.1 Å². The van der Waals surface area contributed by atoms with Gasteiger partial charge in [-0.1, -0.05) is 0 Å². The minimum atomic E-state index is 0.722. The van der Waals surface area contributed by atoms with Gasteiger partial charge in [0.15, 0.2) is 0 Å². The van der Waals surface area contributed by atoms with E-state index in [1.165, 1.54) is 51.9 Å². The zero-order valence-corrected chi connectivity index (χ0v) is 11.8. The van der Waals surface area contributed by atoms with Crippen LogP contribution >= 0.6 is 0 Å². The molecule has 0 aromatic heterocycles. The molecule has 0 amide bonds. The van der Waals surface area contributed by atoms with Crippen molar-refractivity contribution in [2.45, 2.75) is 57.7 Å². The van der Waals surface area contributed by atoms with Gasteiger partial charge in [0, 0.05) is 18.1 Å². The third kappa shape index (κ3) is 3.94. The Bertz CT molecular complexity index is 214. The minimum Gasteiger partial charge on any atom is -0.311 e. The van der Waals surface area contributed by atoms with E-state index < -0.39 is 0 Å². The second kappa shape index (κ2) is 6.17. The van der Waals surface area contributed by atoms with E-state index in [4.69, 9.17) is 0 Å². The van der Waals surface area contributed by atoms with Crippen LogP contribution in [0.15, 0.2) is 0 Å². The van der Waals surface area contributed by atoms with Gasteiger partial charge in [-0.15, -0.1) is 0 Å². The number of rotatable bonds is 3. The lowest BCUT2D eigenvalue weighted by Gasteiger charge is -2.38. The fourth-order valence-electron chi connectivity index (χ4n) is 3.09. The van der Waals surface area contributed by atoms with Gasteiger partial charge in [-0.2, -0.15) is 0 Å². The van der Waals surface area contributed by atoms with Crippen molar-refractivity contribution in [3.63, 3.8) is 0 Å². The summed E-state index contributed by atoms with van der Waals surface area (Å²) in [5, 5.41) is 3.88. The number of hydrogen-bond donors (Lipinski definition) is 1. The van der Waals surface area contributed by atoms with Gasteiger partial charge in [0.25, 0.3) is 0 Å². The van der Waals surface area contributed by atoms with Gasteiger partial charge in [0.1, 0.15) is 0 Å². The van der Waals surface area contributed by atoms with Gasteiger partial charge in [-0.05, 0) is 72.8 Å². The molecule has 100 valence electrons. The Kier molecular flexibility index (Phi) is 4.83. The van der Waals surface area contributed by atoms with Crippen LogP contribution in [0.3, 0.4) is 0 Å². The topological polar surface area (TPSA) is 18.5 Å². The molecule has 2 rings (SSSR count). The molecule has 0 saturated carbocycles. The molecule has 1 N–H and O–H groups in total. The zero-order valence-electron chi connectivity index (χ0n) is 11.8. The second-order valence-corrected chi connectivity index (χ2v) is 6.15. The summed E-state index contributed by atoms with van der Waals surface area (Å²) >= 11 is 0. The fraction of sp³-hybridized carbons (Fsp3) is 1.00. The molecule has 2 fully saturated rings. The second-order valence-electron chi connectivity index (χ2n) is 6.15. The van der Waals surface area contributed by atoms with Crippen molar-refractivity contribution in [1.29, 1.82) is 0 Å². The van der Waals surface area contributed by atoms with E-state index in [1.807, 2.05) is 0 Å². The van der Waals surface area contributed by atoms with Gasteiger partial charge in [0.05, 0.1) is 0 Å². The highest BCUT2D eigenvalue weighted by atomic mass is 15.2. The van der Waals surface area contributed by atoms with E-state index >= 15 is 0 Å². The molecule has 17 heavy (non-hydrogen) atoms. The molecule has 0 radical (unpaired) electrons. The summed E-state index contributed by atoms with van der Waals surface area (Å²) in [7, 11) is 2.23. The minimum absolute atomic E-state index is 0.722. The molecular weight excluding hydrogens is 210 g/mol. The first-order valence-corrected chi connectivity index (χ1v) is 7.34. The molecule has 0 aliphatic carbocycles. The van der Waals surface area contributed by atoms with Crippen LogP contribution in [0.4, 0.5) is 0 Å². The quantitative estimate of drug-likeness (QED) is 0.806. The molecule has 0 spiro atoms. The Morgan fingerprint density at radius 2 is 1.35 bits per heavy atom. The summed E-state index contributed by atoms with van der Waals surface area (Å²) in [5.74, 6) is 0. The van der Waals surface area contributed by atoms with Crippen molar-refractivity contribution >= 4 is 0 Å². The molecule has 0 unspecified atom stereocenters. The number of nitrogens with zero attached hydrogens (tertiary/aromatic N) is 2. The summed E-state index contributed by atoms with van der Waals surface area (Å²) in [6, 6.07) is 2.28. The number of hydrogen-bond acceptors (Lipinski definition) is 3. The maximum atomic E-state index is 3.88. The number of piperidine rings is 2. The SMILES string of the molecule is CC(C)N1CCC(NC2CCN(C)CC2)CC1. The smallest absolute Gasteiger partial charge is 0.00940 e. The van der Waals surface area contributed by atoms with E-state index in [0.717, 1.165) is 18.1 Å². The Morgan fingerprint density at radius 1 is 0.882 bits per heavy atom. The first-order chi connectivity index (χ1) is 8.15. The molecule has 0 aromatic carbocycles. The Balaban J connectivity index is 1.67. The van der Waals surface area contributed by atoms with E-state index in [9.17, 15) is 0 Å². The monoisotopic (exact) mass is 239 g/mol. The maximum absolute atomic E-state index is 3.88. The summed E-state index contributed by atoms with van der Waals surface area (Å²) < 4.78 is 0. The predicted octanol–water partition coefficient (Wildman–Crippen LogP) is 1.54. The van der Waals surface area contributed by atoms with Gasteiger partial charge < -0.3 is 15.1 Å². The summed E-state index contributed by atoms with van der Waals surface area (Å²) in [6.07, 6.45) is 5.34. The zero-order chi connectivity index (χ0) is 12.3. The van der Waals surface area contributed by atoms with E-state index in [2.05, 4.69) is 36.0 Å². The van der Waals surface area contributed by atoms with Crippen LogP contribution < -0.4 is 5.32 Å². The van der Waals surface area contributed by atoms with Crippen LogP contribution in [-0.4, -0.2) is 61.2 Å². The van der Waals surface area contributed by atoms with E-state index in [-0.39, 0.29) is 0 Å². The molecule has 2 saturated heterocycles. The average molecular weight is 239 g/mol. The summed E-state index contributed by atoms with van der Waals surface area (Å²) in [5.41, 5.74) is 0. The van der Waals surface area contributed by atoms with Gasteiger partial charge >= 0.3 is 0 Å². The van der Waals surface area contributed by atoms with Gasteiger partial charge in [0.2, 0.25) is 0 Å². The third-order valence-corrected chi connectivity index (χ3v) is 4.45. The van der Waals surface area contributed by atoms with Crippen molar-refractivity contribution in [3.8, 4) is 0 Å². The molecule has 2 aliphatic heterocycles. The Morgan fingerprint density at radius 3 is 1.82 bits per heavy atom.